The van der Waals surface area contributed by atoms with Crippen LogP contribution in [0.3, 0.4) is 0 Å². The minimum Gasteiger partial charge on any atom is -0.381 e. The van der Waals surface area contributed by atoms with E-state index >= 15 is 0 Å². The van der Waals surface area contributed by atoms with Crippen LogP contribution in [-0.2, 0) is 0 Å². The van der Waals surface area contributed by atoms with Crippen molar-refractivity contribution in [1.29, 1.82) is 0 Å². The third kappa shape index (κ3) is 1.98. The Balaban J connectivity index is 1.96. The summed E-state index contributed by atoms with van der Waals surface area (Å²) in [6, 6.07) is 8.50. The molecule has 0 spiro atoms. The molecule has 1 aliphatic rings. The van der Waals surface area contributed by atoms with Gasteiger partial charge >= 0.3 is 0 Å². The van der Waals surface area contributed by atoms with E-state index in [-0.39, 0.29) is 0 Å². The van der Waals surface area contributed by atoms with Crippen LogP contribution < -0.4 is 5.32 Å². The third-order valence-electron chi connectivity index (χ3n) is 3.45. The van der Waals surface area contributed by atoms with Crippen LogP contribution in [0.4, 0.5) is 5.69 Å². The Hall–Kier alpha value is -1.28. The van der Waals surface area contributed by atoms with Crippen molar-refractivity contribution in [3.8, 4) is 0 Å². The molecule has 0 unspecified atom stereocenters. The van der Waals surface area contributed by atoms with Gasteiger partial charge < -0.3 is 5.32 Å². The Morgan fingerprint density at radius 3 is 2.88 bits per heavy atom. The number of anilines is 1. The van der Waals surface area contributed by atoms with E-state index in [1.54, 1.807) is 0 Å². The van der Waals surface area contributed by atoms with Crippen molar-refractivity contribution < 1.29 is 0 Å². The first-order valence-corrected chi connectivity index (χ1v) is 6.41. The number of halogens is 1. The van der Waals surface area contributed by atoms with Gasteiger partial charge in [0.05, 0.1) is 16.2 Å². The molecule has 1 N–H and O–H groups in total. The molecule has 17 heavy (non-hydrogen) atoms. The Labute approximate surface area is 106 Å². The first-order valence-electron chi connectivity index (χ1n) is 6.04. The lowest BCUT2D eigenvalue weighted by atomic mass is 9.82. The molecule has 88 valence electrons. The van der Waals surface area contributed by atoms with E-state index in [1.165, 1.54) is 12.8 Å². The largest absolute Gasteiger partial charge is 0.381 e. The van der Waals surface area contributed by atoms with Gasteiger partial charge in [0.15, 0.2) is 0 Å². The normalized spacial score (nSPS) is 23.4. The van der Waals surface area contributed by atoms with Gasteiger partial charge in [-0.15, -0.1) is 0 Å². The molecule has 2 nitrogen and oxygen atoms in total. The molecule has 3 heteroatoms. The van der Waals surface area contributed by atoms with Crippen LogP contribution in [0.15, 0.2) is 30.5 Å². The fourth-order valence-corrected chi connectivity index (χ4v) is 2.71. The second-order valence-corrected chi connectivity index (χ2v) is 5.32. The minimum atomic E-state index is 0.594. The van der Waals surface area contributed by atoms with Crippen LogP contribution >= 0.6 is 11.6 Å². The van der Waals surface area contributed by atoms with Crippen LogP contribution in [0.1, 0.15) is 19.8 Å². The molecule has 1 aromatic carbocycles. The number of fused-ring (bicyclic) bond motifs is 1. The lowest BCUT2D eigenvalue weighted by Gasteiger charge is -2.34. The van der Waals surface area contributed by atoms with Crippen molar-refractivity contribution in [1.82, 2.24) is 4.98 Å². The fraction of sp³-hybridized carbons (Fsp3) is 0.357. The van der Waals surface area contributed by atoms with Crippen molar-refractivity contribution >= 4 is 28.2 Å². The zero-order valence-electron chi connectivity index (χ0n) is 9.78. The molecule has 1 saturated carbocycles. The standard InChI is InChI=1S/C14H15ClN2/c1-9-7-10(8-9)17-13-5-4-12(15)11-3-2-6-16-14(11)13/h2-6,9-10,17H,7-8H2,1H3. The van der Waals surface area contributed by atoms with Crippen LogP contribution in [0.25, 0.3) is 10.9 Å². The maximum absolute atomic E-state index is 6.17. The van der Waals surface area contributed by atoms with Gasteiger partial charge in [-0.3, -0.25) is 4.98 Å². The van der Waals surface area contributed by atoms with Crippen molar-refractivity contribution in [2.75, 3.05) is 5.32 Å². The van der Waals surface area contributed by atoms with Gasteiger partial charge in [0, 0.05) is 17.6 Å². The van der Waals surface area contributed by atoms with Gasteiger partial charge in [-0.25, -0.2) is 0 Å². The first-order chi connectivity index (χ1) is 8.24. The predicted molar refractivity (Wildman–Crippen MR) is 72.6 cm³/mol. The van der Waals surface area contributed by atoms with Crippen LogP contribution in [0.5, 0.6) is 0 Å². The van der Waals surface area contributed by atoms with E-state index in [9.17, 15) is 0 Å². The quantitative estimate of drug-likeness (QED) is 0.863. The monoisotopic (exact) mass is 246 g/mol. The number of rotatable bonds is 2. The van der Waals surface area contributed by atoms with Crippen molar-refractivity contribution in [2.45, 2.75) is 25.8 Å². The summed E-state index contributed by atoms with van der Waals surface area (Å²) in [5, 5.41) is 5.34. The highest BCUT2D eigenvalue weighted by molar-refractivity contribution is 6.35. The Morgan fingerprint density at radius 1 is 1.29 bits per heavy atom. The van der Waals surface area contributed by atoms with E-state index in [1.807, 2.05) is 30.5 Å². The van der Waals surface area contributed by atoms with Crippen molar-refractivity contribution in [2.24, 2.45) is 5.92 Å². The van der Waals surface area contributed by atoms with Crippen LogP contribution in [0.2, 0.25) is 5.02 Å². The lowest BCUT2D eigenvalue weighted by Crippen LogP contribution is -2.33. The Morgan fingerprint density at radius 2 is 2.12 bits per heavy atom. The molecule has 2 aromatic rings. The minimum absolute atomic E-state index is 0.594. The van der Waals surface area contributed by atoms with Gasteiger partial charge in [0.25, 0.3) is 0 Å². The number of benzene rings is 1. The Kier molecular flexibility index (Phi) is 2.67. The summed E-state index contributed by atoms with van der Waals surface area (Å²) in [4.78, 5) is 4.43. The van der Waals surface area contributed by atoms with Crippen LogP contribution in [-0.4, -0.2) is 11.0 Å². The maximum atomic E-state index is 6.17. The van der Waals surface area contributed by atoms with Crippen molar-refractivity contribution in [3.63, 3.8) is 0 Å². The number of nitrogens with one attached hydrogen (secondary N) is 1. The van der Waals surface area contributed by atoms with Crippen LogP contribution in [0, 0.1) is 5.92 Å². The summed E-state index contributed by atoms with van der Waals surface area (Å²) >= 11 is 6.17. The number of aromatic nitrogens is 1. The smallest absolute Gasteiger partial charge is 0.0948 e. The molecule has 3 rings (SSSR count). The number of nitrogens with zero attached hydrogens (tertiary/aromatic N) is 1. The van der Waals surface area contributed by atoms with Gasteiger partial charge in [-0.2, -0.15) is 0 Å². The zero-order valence-corrected chi connectivity index (χ0v) is 10.5. The Bertz CT molecular complexity index is 547. The molecule has 1 aromatic heterocycles. The third-order valence-corrected chi connectivity index (χ3v) is 3.78. The maximum Gasteiger partial charge on any atom is 0.0948 e. The molecular weight excluding hydrogens is 232 g/mol. The lowest BCUT2D eigenvalue weighted by molar-refractivity contribution is 0.309. The second-order valence-electron chi connectivity index (χ2n) is 4.91. The summed E-state index contributed by atoms with van der Waals surface area (Å²) in [6.07, 6.45) is 4.31. The van der Waals surface area contributed by atoms with E-state index < -0.39 is 0 Å². The summed E-state index contributed by atoms with van der Waals surface area (Å²) in [6.45, 7) is 2.29. The highest BCUT2D eigenvalue weighted by Gasteiger charge is 2.25. The molecule has 0 amide bonds. The van der Waals surface area contributed by atoms with E-state index in [0.29, 0.717) is 6.04 Å². The second kappa shape index (κ2) is 4.19. The van der Waals surface area contributed by atoms with Gasteiger partial charge in [-0.1, -0.05) is 18.5 Å². The highest BCUT2D eigenvalue weighted by Crippen LogP contribution is 2.33. The molecule has 0 aliphatic heterocycles. The number of hydrogen-bond acceptors (Lipinski definition) is 2. The van der Waals surface area contributed by atoms with Gasteiger partial charge in [-0.05, 0) is 43.0 Å². The predicted octanol–water partition coefficient (Wildman–Crippen LogP) is 4.10. The summed E-state index contributed by atoms with van der Waals surface area (Å²) in [7, 11) is 0. The van der Waals surface area contributed by atoms with E-state index in [2.05, 4.69) is 17.2 Å². The SMILES string of the molecule is CC1CC(Nc2ccc(Cl)c3cccnc23)C1. The van der Waals surface area contributed by atoms with E-state index in [0.717, 1.165) is 27.5 Å². The summed E-state index contributed by atoms with van der Waals surface area (Å²) in [5.41, 5.74) is 2.07. The van der Waals surface area contributed by atoms with Crippen molar-refractivity contribution in [3.05, 3.63) is 35.5 Å². The summed E-state index contributed by atoms with van der Waals surface area (Å²) < 4.78 is 0. The molecule has 1 fully saturated rings. The molecular formula is C14H15ClN2. The molecule has 0 saturated heterocycles. The zero-order chi connectivity index (χ0) is 11.8. The number of hydrogen-bond donors (Lipinski definition) is 1. The average Bonchev–Trinajstić information content (AvgIpc) is 2.31. The molecule has 1 heterocycles. The first kappa shape index (κ1) is 10.8. The summed E-state index contributed by atoms with van der Waals surface area (Å²) in [5.74, 6) is 0.846. The molecule has 0 radical (unpaired) electrons. The molecule has 0 bridgehead atoms. The molecule has 1 aliphatic carbocycles. The topological polar surface area (TPSA) is 24.9 Å². The fourth-order valence-electron chi connectivity index (χ4n) is 2.49. The van der Waals surface area contributed by atoms with E-state index in [4.69, 9.17) is 11.6 Å². The average molecular weight is 247 g/mol. The number of pyridine rings is 1. The van der Waals surface area contributed by atoms with Gasteiger partial charge in [0.2, 0.25) is 0 Å². The molecule has 0 atom stereocenters. The highest BCUT2D eigenvalue weighted by atomic mass is 35.5. The van der Waals surface area contributed by atoms with Gasteiger partial charge in [0.1, 0.15) is 0 Å².